The molecule has 0 saturated heterocycles. The highest BCUT2D eigenvalue weighted by Crippen LogP contribution is 2.60. The molecule has 2 unspecified atom stereocenters. The van der Waals surface area contributed by atoms with Gasteiger partial charge in [-0.15, -0.1) is 0 Å². The first-order chi connectivity index (χ1) is 9.93. The molecule has 0 spiro atoms. The van der Waals surface area contributed by atoms with Crippen LogP contribution in [-0.4, -0.2) is 17.6 Å². The van der Waals surface area contributed by atoms with Gasteiger partial charge in [-0.2, -0.15) is 0 Å². The summed E-state index contributed by atoms with van der Waals surface area (Å²) in [4.78, 5) is 16.1. The molecule has 0 amide bonds. The summed E-state index contributed by atoms with van der Waals surface area (Å²) >= 11 is 11.3. The van der Waals surface area contributed by atoms with Crippen molar-refractivity contribution in [1.29, 1.82) is 0 Å². The maximum atomic E-state index is 12.1. The van der Waals surface area contributed by atoms with Crippen molar-refractivity contribution < 1.29 is 9.53 Å². The summed E-state index contributed by atoms with van der Waals surface area (Å²) in [6.45, 7) is 4.46. The number of nitrogens with zero attached hydrogens (tertiary/aromatic N) is 1. The van der Waals surface area contributed by atoms with Crippen LogP contribution in [0, 0.1) is 17.3 Å². The van der Waals surface area contributed by atoms with Crippen molar-refractivity contribution in [1.82, 2.24) is 4.98 Å². The summed E-state index contributed by atoms with van der Waals surface area (Å²) < 4.78 is 5.57. The van der Waals surface area contributed by atoms with Crippen molar-refractivity contribution in [3.05, 3.63) is 40.7 Å². The van der Waals surface area contributed by atoms with Crippen LogP contribution in [0.1, 0.15) is 25.8 Å². The van der Waals surface area contributed by atoms with Crippen LogP contribution >= 0.6 is 23.2 Å². The van der Waals surface area contributed by atoms with Crippen molar-refractivity contribution in [3.8, 4) is 0 Å². The highest BCUT2D eigenvalue weighted by molar-refractivity contribution is 6.55. The third kappa shape index (κ3) is 4.21. The highest BCUT2D eigenvalue weighted by atomic mass is 35.5. The first-order valence-corrected chi connectivity index (χ1v) is 7.77. The molecule has 1 aliphatic carbocycles. The molecule has 5 heteroatoms. The summed E-state index contributed by atoms with van der Waals surface area (Å²) in [5.41, 5.74) is 1.02. The van der Waals surface area contributed by atoms with Crippen LogP contribution in [0.5, 0.6) is 0 Å². The second-order valence-corrected chi connectivity index (χ2v) is 6.92. The van der Waals surface area contributed by atoms with E-state index in [0.717, 1.165) is 18.4 Å². The van der Waals surface area contributed by atoms with E-state index in [4.69, 9.17) is 27.9 Å². The van der Waals surface area contributed by atoms with E-state index >= 15 is 0 Å². The number of aryl methyl sites for hydroxylation is 1. The van der Waals surface area contributed by atoms with Crippen LogP contribution in [0.3, 0.4) is 0 Å². The fourth-order valence-electron chi connectivity index (χ4n) is 2.66. The predicted octanol–water partition coefficient (Wildman–Crippen LogP) is 4.15. The molecular formula is C16H19Cl2NO2. The summed E-state index contributed by atoms with van der Waals surface area (Å²) in [5.74, 6) is -0.251. The van der Waals surface area contributed by atoms with Crippen molar-refractivity contribution in [2.45, 2.75) is 26.7 Å². The lowest BCUT2D eigenvalue weighted by atomic mass is 10.1. The van der Waals surface area contributed by atoms with Gasteiger partial charge < -0.3 is 4.74 Å². The Morgan fingerprint density at radius 3 is 2.86 bits per heavy atom. The maximum absolute atomic E-state index is 12.1. The fourth-order valence-corrected chi connectivity index (χ4v) is 2.93. The molecule has 1 fully saturated rings. The molecule has 0 aromatic carbocycles. The van der Waals surface area contributed by atoms with E-state index in [1.54, 1.807) is 12.3 Å². The molecule has 1 saturated carbocycles. The number of hydrogen-bond donors (Lipinski definition) is 0. The SMILES string of the molecule is CC1(C)C(C=C(Cl)Cl)C1C(=O)OCCCc1cccnc1. The third-order valence-electron chi connectivity index (χ3n) is 4.05. The minimum Gasteiger partial charge on any atom is -0.465 e. The van der Waals surface area contributed by atoms with Gasteiger partial charge in [0.05, 0.1) is 12.5 Å². The second kappa shape index (κ2) is 6.80. The first kappa shape index (κ1) is 16.3. The number of carbonyl (C=O) groups excluding carboxylic acids is 1. The average Bonchev–Trinajstić information content (AvgIpc) is 2.96. The van der Waals surface area contributed by atoms with E-state index in [1.165, 1.54) is 0 Å². The zero-order valence-corrected chi connectivity index (χ0v) is 13.7. The summed E-state index contributed by atoms with van der Waals surface area (Å²) in [6.07, 6.45) is 6.95. The quantitative estimate of drug-likeness (QED) is 0.582. The number of esters is 1. The van der Waals surface area contributed by atoms with Gasteiger partial charge in [-0.05, 0) is 41.9 Å². The monoisotopic (exact) mass is 327 g/mol. The standard InChI is InChI=1S/C16H19Cl2NO2/c1-16(2)12(9-13(17)18)14(16)15(20)21-8-4-6-11-5-3-7-19-10-11/h3,5,7,9-10,12,14H,4,6,8H2,1-2H3. The molecule has 1 aromatic heterocycles. The zero-order valence-electron chi connectivity index (χ0n) is 12.2. The molecule has 1 aromatic rings. The van der Waals surface area contributed by atoms with Gasteiger partial charge >= 0.3 is 5.97 Å². The Morgan fingerprint density at radius 2 is 2.24 bits per heavy atom. The molecule has 2 atom stereocenters. The Labute approximate surface area is 135 Å². The second-order valence-electron chi connectivity index (χ2n) is 5.91. The van der Waals surface area contributed by atoms with E-state index in [-0.39, 0.29) is 27.7 Å². The van der Waals surface area contributed by atoms with Gasteiger partial charge in [0.15, 0.2) is 0 Å². The maximum Gasteiger partial charge on any atom is 0.310 e. The molecule has 0 bridgehead atoms. The molecule has 0 radical (unpaired) electrons. The minimum absolute atomic E-state index is 0.0633. The van der Waals surface area contributed by atoms with Crippen molar-refractivity contribution in [2.75, 3.05) is 6.61 Å². The van der Waals surface area contributed by atoms with Gasteiger partial charge in [0.1, 0.15) is 4.49 Å². The lowest BCUT2D eigenvalue weighted by Crippen LogP contribution is -2.12. The number of rotatable bonds is 6. The lowest BCUT2D eigenvalue weighted by Gasteiger charge is -2.05. The predicted molar refractivity (Wildman–Crippen MR) is 84.1 cm³/mol. The lowest BCUT2D eigenvalue weighted by molar-refractivity contribution is -0.146. The normalized spacial score (nSPS) is 22.5. The molecule has 3 nitrogen and oxygen atoms in total. The third-order valence-corrected chi connectivity index (χ3v) is 4.30. The molecule has 0 aliphatic heterocycles. The topological polar surface area (TPSA) is 39.2 Å². The van der Waals surface area contributed by atoms with Gasteiger partial charge in [0.2, 0.25) is 0 Å². The van der Waals surface area contributed by atoms with Gasteiger partial charge in [-0.1, -0.05) is 43.1 Å². The number of halogens is 2. The summed E-state index contributed by atoms with van der Waals surface area (Å²) in [5, 5.41) is 0. The first-order valence-electron chi connectivity index (χ1n) is 7.01. The van der Waals surface area contributed by atoms with Crippen molar-refractivity contribution >= 4 is 29.2 Å². The summed E-state index contributed by atoms with van der Waals surface area (Å²) in [6, 6.07) is 3.92. The fraction of sp³-hybridized carbons (Fsp3) is 0.500. The Kier molecular flexibility index (Phi) is 5.28. The largest absolute Gasteiger partial charge is 0.465 e. The van der Waals surface area contributed by atoms with Gasteiger partial charge in [0.25, 0.3) is 0 Å². The van der Waals surface area contributed by atoms with Gasteiger partial charge in [-0.25, -0.2) is 0 Å². The van der Waals surface area contributed by atoms with Crippen molar-refractivity contribution in [3.63, 3.8) is 0 Å². The van der Waals surface area contributed by atoms with Crippen LogP contribution in [0.2, 0.25) is 0 Å². The number of allylic oxidation sites excluding steroid dienone is 1. The minimum atomic E-state index is -0.165. The van der Waals surface area contributed by atoms with Crippen molar-refractivity contribution in [2.24, 2.45) is 17.3 Å². The summed E-state index contributed by atoms with van der Waals surface area (Å²) in [7, 11) is 0. The van der Waals surface area contributed by atoms with Gasteiger partial charge in [0, 0.05) is 12.4 Å². The van der Waals surface area contributed by atoms with Crippen LogP contribution in [-0.2, 0) is 16.0 Å². The zero-order chi connectivity index (χ0) is 15.5. The van der Waals surface area contributed by atoms with Crippen LogP contribution in [0.25, 0.3) is 0 Å². The van der Waals surface area contributed by atoms with Crippen LogP contribution in [0.4, 0.5) is 0 Å². The smallest absolute Gasteiger partial charge is 0.310 e. The molecule has 0 N–H and O–H groups in total. The molecule has 114 valence electrons. The highest BCUT2D eigenvalue weighted by Gasteiger charge is 2.61. The van der Waals surface area contributed by atoms with Crippen LogP contribution < -0.4 is 0 Å². The molecular weight excluding hydrogens is 309 g/mol. The number of hydrogen-bond acceptors (Lipinski definition) is 3. The number of pyridine rings is 1. The molecule has 1 aliphatic rings. The molecule has 21 heavy (non-hydrogen) atoms. The van der Waals surface area contributed by atoms with E-state index in [9.17, 15) is 4.79 Å². The average molecular weight is 328 g/mol. The number of carbonyl (C=O) groups is 1. The van der Waals surface area contributed by atoms with E-state index in [0.29, 0.717) is 6.61 Å². The Hall–Kier alpha value is -1.06. The molecule has 1 heterocycles. The number of aromatic nitrogens is 1. The number of ether oxygens (including phenoxy) is 1. The van der Waals surface area contributed by atoms with E-state index in [2.05, 4.69) is 4.98 Å². The van der Waals surface area contributed by atoms with Gasteiger partial charge in [-0.3, -0.25) is 9.78 Å². The Balaban J connectivity index is 1.74. The molecule has 2 rings (SSSR count). The van der Waals surface area contributed by atoms with E-state index in [1.807, 2.05) is 32.2 Å². The Morgan fingerprint density at radius 1 is 1.48 bits per heavy atom. The van der Waals surface area contributed by atoms with E-state index < -0.39 is 0 Å². The Bertz CT molecular complexity index is 524. The van der Waals surface area contributed by atoms with Crippen LogP contribution in [0.15, 0.2) is 35.1 Å².